The van der Waals surface area contributed by atoms with E-state index in [4.69, 9.17) is 5.11 Å². The van der Waals surface area contributed by atoms with E-state index in [1.807, 2.05) is 0 Å². The molecule has 0 aromatic carbocycles. The molecule has 3 nitrogen and oxygen atoms in total. The number of hydrogen-bond acceptors (Lipinski definition) is 2. The molecule has 0 aliphatic heterocycles. The van der Waals surface area contributed by atoms with Crippen molar-refractivity contribution in [3.63, 3.8) is 0 Å². The standard InChI is InChI=1S/C6H5NO2.Cr.Se/c8-6(9)5-3-1-2-4-7-5;;/h1-4H,(H,8,9);;. The zero-order valence-electron chi connectivity index (χ0n) is 5.43. The molecule has 1 aromatic heterocycles. The molecule has 0 aliphatic carbocycles. The molecule has 0 saturated carbocycles. The van der Waals surface area contributed by atoms with Gasteiger partial charge in [0, 0.05) is 40.6 Å². The number of carboxylic acid groups (broad SMARTS) is 1. The summed E-state index contributed by atoms with van der Waals surface area (Å²) in [6.07, 6.45) is 1.45. The zero-order valence-corrected chi connectivity index (χ0v) is 8.42. The van der Waals surface area contributed by atoms with Gasteiger partial charge < -0.3 is 5.11 Å². The predicted octanol–water partition coefficient (Wildman–Crippen LogP) is 0.396. The second kappa shape index (κ2) is 6.39. The first kappa shape index (κ1) is 13.3. The number of rotatable bonds is 1. The molecule has 0 saturated heterocycles. The summed E-state index contributed by atoms with van der Waals surface area (Å²) in [7, 11) is 0. The van der Waals surface area contributed by atoms with Crippen molar-refractivity contribution in [1.82, 2.24) is 4.98 Å². The third-order valence-electron chi connectivity index (χ3n) is 0.884. The second-order valence-electron chi connectivity index (χ2n) is 1.52. The molecular formula is C6H5CrNO2Se. The summed E-state index contributed by atoms with van der Waals surface area (Å²) in [5.74, 6) is -0.990. The first-order valence-electron chi connectivity index (χ1n) is 2.45. The van der Waals surface area contributed by atoms with Crippen molar-refractivity contribution in [2.45, 2.75) is 0 Å². The maximum atomic E-state index is 10.1. The largest absolute Gasteiger partial charge is 0.477 e. The number of pyridine rings is 1. The maximum Gasteiger partial charge on any atom is 0.354 e. The van der Waals surface area contributed by atoms with Gasteiger partial charge in [-0.3, -0.25) is 0 Å². The molecule has 0 fully saturated rings. The molecule has 58 valence electrons. The van der Waals surface area contributed by atoms with Crippen molar-refractivity contribution in [1.29, 1.82) is 0 Å². The summed E-state index contributed by atoms with van der Waals surface area (Å²) in [6, 6.07) is 4.76. The molecule has 0 atom stereocenters. The third-order valence-corrected chi connectivity index (χ3v) is 0.884. The van der Waals surface area contributed by atoms with Crippen LogP contribution in [0.5, 0.6) is 0 Å². The molecule has 11 heavy (non-hydrogen) atoms. The summed E-state index contributed by atoms with van der Waals surface area (Å²) in [4.78, 5) is 13.7. The van der Waals surface area contributed by atoms with Gasteiger partial charge in [-0.15, -0.1) is 0 Å². The Morgan fingerprint density at radius 3 is 2.36 bits per heavy atom. The van der Waals surface area contributed by atoms with Crippen LogP contribution < -0.4 is 0 Å². The Morgan fingerprint density at radius 1 is 1.45 bits per heavy atom. The van der Waals surface area contributed by atoms with Crippen LogP contribution in [-0.4, -0.2) is 33.1 Å². The van der Waals surface area contributed by atoms with Crippen LogP contribution in [0, 0.1) is 0 Å². The third kappa shape index (κ3) is 4.18. The summed E-state index contributed by atoms with van der Waals surface area (Å²) in [5.41, 5.74) is 0.0810. The Kier molecular flexibility index (Phi) is 7.71. The molecule has 5 heteroatoms. The van der Waals surface area contributed by atoms with Crippen molar-refractivity contribution in [2.24, 2.45) is 0 Å². The molecule has 2 radical (unpaired) electrons. The number of aromatic nitrogens is 1. The number of nitrogens with zero attached hydrogens (tertiary/aromatic N) is 1. The molecule has 0 bridgehead atoms. The summed E-state index contributed by atoms with van der Waals surface area (Å²) in [5, 5.41) is 8.32. The second-order valence-corrected chi connectivity index (χ2v) is 1.52. The van der Waals surface area contributed by atoms with E-state index in [9.17, 15) is 4.79 Å². The fraction of sp³-hybridized carbons (Fsp3) is 0. The van der Waals surface area contributed by atoms with Crippen molar-refractivity contribution in [3.8, 4) is 0 Å². The number of carbonyl (C=O) groups is 1. The molecule has 0 aliphatic rings. The molecule has 0 spiro atoms. The average Bonchev–Trinajstić information content (AvgIpc) is 1.90. The van der Waals surface area contributed by atoms with Gasteiger partial charge in [0.2, 0.25) is 0 Å². The van der Waals surface area contributed by atoms with E-state index < -0.39 is 5.97 Å². The van der Waals surface area contributed by atoms with Crippen LogP contribution in [-0.2, 0) is 17.4 Å². The topological polar surface area (TPSA) is 50.2 Å². The molecular weight excluding hydrogens is 249 g/mol. The summed E-state index contributed by atoms with van der Waals surface area (Å²) < 4.78 is 0. The van der Waals surface area contributed by atoms with Gasteiger partial charge in [-0.05, 0) is 12.1 Å². The van der Waals surface area contributed by atoms with E-state index >= 15 is 0 Å². The fourth-order valence-electron chi connectivity index (χ4n) is 0.489. The minimum absolute atomic E-state index is 0. The van der Waals surface area contributed by atoms with Crippen LogP contribution in [0.15, 0.2) is 24.4 Å². The predicted molar refractivity (Wildman–Crippen MR) is 37.0 cm³/mol. The zero-order chi connectivity index (χ0) is 6.69. The fourth-order valence-corrected chi connectivity index (χ4v) is 0.489. The van der Waals surface area contributed by atoms with Crippen molar-refractivity contribution in [3.05, 3.63) is 30.1 Å². The Labute approximate surface area is 85.4 Å². The molecule has 0 unspecified atom stereocenters. The van der Waals surface area contributed by atoms with Gasteiger partial charge in [0.05, 0.1) is 0 Å². The van der Waals surface area contributed by atoms with Crippen molar-refractivity contribution in [2.75, 3.05) is 0 Å². The normalized spacial score (nSPS) is 7.27. The van der Waals surface area contributed by atoms with Crippen LogP contribution in [0.3, 0.4) is 0 Å². The van der Waals surface area contributed by atoms with Crippen LogP contribution in [0.1, 0.15) is 10.5 Å². The van der Waals surface area contributed by atoms with E-state index in [0.29, 0.717) is 0 Å². The van der Waals surface area contributed by atoms with E-state index in [1.54, 1.807) is 12.1 Å². The van der Waals surface area contributed by atoms with Gasteiger partial charge in [0.1, 0.15) is 5.69 Å². The number of hydrogen-bond donors (Lipinski definition) is 1. The van der Waals surface area contributed by atoms with Gasteiger partial charge >= 0.3 is 5.97 Å². The number of carboxylic acids is 1. The van der Waals surface area contributed by atoms with Gasteiger partial charge in [0.25, 0.3) is 0 Å². The SMILES string of the molecule is O=C(O)c1ccccn1.[Cr].[Se]. The molecule has 1 rings (SSSR count). The smallest absolute Gasteiger partial charge is 0.354 e. The van der Waals surface area contributed by atoms with E-state index in [-0.39, 0.29) is 40.1 Å². The van der Waals surface area contributed by atoms with Crippen molar-refractivity contribution >= 4 is 23.0 Å². The first-order valence-corrected chi connectivity index (χ1v) is 2.45. The Bertz CT molecular complexity index is 217. The van der Waals surface area contributed by atoms with Crippen LogP contribution >= 0.6 is 0 Å². The molecule has 1 aromatic rings. The Hall–Kier alpha value is -0.328. The minimum Gasteiger partial charge on any atom is -0.477 e. The van der Waals surface area contributed by atoms with Gasteiger partial charge in [-0.25, -0.2) is 9.78 Å². The molecule has 0 amide bonds. The molecule has 1 N–H and O–H groups in total. The van der Waals surface area contributed by atoms with E-state index in [1.165, 1.54) is 12.3 Å². The van der Waals surface area contributed by atoms with E-state index in [0.717, 1.165) is 0 Å². The van der Waals surface area contributed by atoms with Crippen molar-refractivity contribution < 1.29 is 27.3 Å². The Morgan fingerprint density at radius 2 is 2.09 bits per heavy atom. The van der Waals surface area contributed by atoms with Gasteiger partial charge in [-0.1, -0.05) is 6.07 Å². The summed E-state index contributed by atoms with van der Waals surface area (Å²) in [6.45, 7) is 0. The average molecular weight is 254 g/mol. The summed E-state index contributed by atoms with van der Waals surface area (Å²) >= 11 is 0. The molecule has 1 heterocycles. The van der Waals surface area contributed by atoms with E-state index in [2.05, 4.69) is 4.98 Å². The quantitative estimate of drug-likeness (QED) is 0.738. The maximum absolute atomic E-state index is 10.1. The monoisotopic (exact) mass is 255 g/mol. The number of aromatic carboxylic acids is 1. The van der Waals surface area contributed by atoms with Gasteiger partial charge in [-0.2, -0.15) is 0 Å². The first-order chi connectivity index (χ1) is 4.30. The van der Waals surface area contributed by atoms with Crippen LogP contribution in [0.25, 0.3) is 0 Å². The van der Waals surface area contributed by atoms with Crippen LogP contribution in [0.2, 0.25) is 0 Å². The minimum atomic E-state index is -0.990. The van der Waals surface area contributed by atoms with Crippen LogP contribution in [0.4, 0.5) is 0 Å². The van der Waals surface area contributed by atoms with Gasteiger partial charge in [0.15, 0.2) is 0 Å². The Balaban J connectivity index is 0.